The first-order valence-corrected chi connectivity index (χ1v) is 9.88. The average molecular weight is 455 g/mol. The van der Waals surface area contributed by atoms with Gasteiger partial charge < -0.3 is 19.5 Å². The topological polar surface area (TPSA) is 107 Å². The van der Waals surface area contributed by atoms with Crippen molar-refractivity contribution in [3.8, 4) is 5.75 Å². The molecule has 1 atom stereocenters. The number of hydrogen-bond donors (Lipinski definition) is 1. The Hall–Kier alpha value is -2.72. The van der Waals surface area contributed by atoms with Crippen LogP contribution in [0.4, 0.5) is 10.1 Å². The lowest BCUT2D eigenvalue weighted by Crippen LogP contribution is -2.30. The van der Waals surface area contributed by atoms with Gasteiger partial charge in [0.2, 0.25) is 11.2 Å². The van der Waals surface area contributed by atoms with Gasteiger partial charge in [-0.25, -0.2) is 4.39 Å². The van der Waals surface area contributed by atoms with E-state index in [0.29, 0.717) is 24.3 Å². The minimum atomic E-state index is -0.984. The van der Waals surface area contributed by atoms with Crippen molar-refractivity contribution in [3.05, 3.63) is 44.0 Å². The van der Waals surface area contributed by atoms with E-state index in [4.69, 9.17) is 4.74 Å². The van der Waals surface area contributed by atoms with Gasteiger partial charge in [0.25, 0.3) is 6.54 Å². The number of likely N-dealkylation sites (N-methyl/N-ethyl adjacent to an activating group) is 1. The molecule has 0 amide bonds. The summed E-state index contributed by atoms with van der Waals surface area (Å²) in [6.45, 7) is 0.252. The number of ketones is 1. The fourth-order valence-corrected chi connectivity index (χ4v) is 4.17. The highest BCUT2D eigenvalue weighted by Crippen LogP contribution is 2.44. The molecule has 2 aliphatic rings. The molecule has 2 heterocycles. The van der Waals surface area contributed by atoms with Crippen LogP contribution in [0.3, 0.4) is 0 Å². The monoisotopic (exact) mass is 454 g/mol. The minimum absolute atomic E-state index is 0. The standard InChI is InChI=1S/C20H23FN4O5.ClH/c1-22-11-5-6-23(8-11)18-15(21)7-13-17(20(18)30-2)24(12-3-4-12)9-14(19(13)27)16(26)10-25(28)29;/h7,9,11-12,22H,3-6,8,10H2,1-2H3;1H. The van der Waals surface area contributed by atoms with Crippen LogP contribution in [0.5, 0.6) is 5.75 Å². The van der Waals surface area contributed by atoms with E-state index in [1.54, 1.807) is 4.57 Å². The van der Waals surface area contributed by atoms with E-state index in [2.05, 4.69) is 5.32 Å². The van der Waals surface area contributed by atoms with Crippen LogP contribution >= 0.6 is 12.4 Å². The Kier molecular flexibility index (Phi) is 6.51. The van der Waals surface area contributed by atoms with Crippen molar-refractivity contribution in [1.29, 1.82) is 0 Å². The van der Waals surface area contributed by atoms with Gasteiger partial charge in [0, 0.05) is 36.3 Å². The summed E-state index contributed by atoms with van der Waals surface area (Å²) in [5.41, 5.74) is -0.295. The molecule has 168 valence electrons. The number of carbonyl (C=O) groups excluding carboxylic acids is 1. The largest absolute Gasteiger partial charge is 0.492 e. The number of nitrogens with zero attached hydrogens (tertiary/aromatic N) is 3. The van der Waals surface area contributed by atoms with Crippen LogP contribution in [0.1, 0.15) is 35.7 Å². The van der Waals surface area contributed by atoms with E-state index in [0.717, 1.165) is 25.3 Å². The number of ether oxygens (including phenoxy) is 1. The smallest absolute Gasteiger partial charge is 0.266 e. The van der Waals surface area contributed by atoms with Crippen LogP contribution in [-0.4, -0.2) is 55.1 Å². The first-order chi connectivity index (χ1) is 14.3. The Bertz CT molecular complexity index is 1100. The number of methoxy groups -OCH3 is 1. The number of fused-ring (bicyclic) bond motifs is 1. The van der Waals surface area contributed by atoms with Crippen LogP contribution in [0, 0.1) is 15.9 Å². The SMILES string of the molecule is CNC1CCN(c2c(F)cc3c(=O)c(C(=O)C[N+](=O)[O-])cn(C4CC4)c3c2OC)C1.Cl. The summed E-state index contributed by atoms with van der Waals surface area (Å²) < 4.78 is 22.6. The molecule has 4 rings (SSSR count). The lowest BCUT2D eigenvalue weighted by atomic mass is 10.1. The van der Waals surface area contributed by atoms with Gasteiger partial charge in [0.1, 0.15) is 5.69 Å². The van der Waals surface area contributed by atoms with Gasteiger partial charge >= 0.3 is 0 Å². The zero-order valence-electron chi connectivity index (χ0n) is 17.2. The molecule has 1 aliphatic heterocycles. The molecule has 2 aromatic rings. The number of halogens is 2. The molecular weight excluding hydrogens is 431 g/mol. The predicted octanol–water partition coefficient (Wildman–Crippen LogP) is 2.16. The number of aromatic nitrogens is 1. The average Bonchev–Trinajstić information content (AvgIpc) is 3.44. The van der Waals surface area contributed by atoms with Gasteiger partial charge in [-0.2, -0.15) is 0 Å². The molecule has 1 saturated carbocycles. The van der Waals surface area contributed by atoms with Gasteiger partial charge in [-0.15, -0.1) is 12.4 Å². The Morgan fingerprint density at radius 1 is 1.39 bits per heavy atom. The van der Waals surface area contributed by atoms with E-state index >= 15 is 4.39 Å². The molecule has 0 spiro atoms. The zero-order chi connectivity index (χ0) is 21.6. The minimum Gasteiger partial charge on any atom is -0.492 e. The number of Topliss-reactive ketones (excluding diaryl/α,β-unsaturated/α-hetero) is 1. The second-order valence-corrected chi connectivity index (χ2v) is 7.78. The van der Waals surface area contributed by atoms with E-state index in [1.165, 1.54) is 13.3 Å². The van der Waals surface area contributed by atoms with Gasteiger partial charge in [-0.05, 0) is 32.4 Å². The molecule has 11 heteroatoms. The van der Waals surface area contributed by atoms with E-state index in [9.17, 15) is 19.7 Å². The second-order valence-electron chi connectivity index (χ2n) is 7.78. The molecule has 31 heavy (non-hydrogen) atoms. The van der Waals surface area contributed by atoms with Crippen molar-refractivity contribution < 1.29 is 18.8 Å². The maximum Gasteiger partial charge on any atom is 0.266 e. The Balaban J connectivity index is 0.00000272. The van der Waals surface area contributed by atoms with Crippen LogP contribution in [0.15, 0.2) is 17.1 Å². The third kappa shape index (κ3) is 4.09. The number of anilines is 1. The summed E-state index contributed by atoms with van der Waals surface area (Å²) in [6.07, 6.45) is 3.89. The number of nitro groups is 1. The third-order valence-corrected chi connectivity index (χ3v) is 5.83. The van der Waals surface area contributed by atoms with Crippen molar-refractivity contribution >= 4 is 34.8 Å². The summed E-state index contributed by atoms with van der Waals surface area (Å²) in [5.74, 6) is -1.25. The molecule has 1 aliphatic carbocycles. The number of hydrogen-bond acceptors (Lipinski definition) is 7. The molecule has 2 fully saturated rings. The zero-order valence-corrected chi connectivity index (χ0v) is 18.0. The molecule has 1 aromatic heterocycles. The number of rotatable bonds is 7. The summed E-state index contributed by atoms with van der Waals surface area (Å²) in [6, 6.07) is 1.38. The lowest BCUT2D eigenvalue weighted by Gasteiger charge is -2.24. The normalized spacial score (nSPS) is 18.2. The fourth-order valence-electron chi connectivity index (χ4n) is 4.17. The van der Waals surface area contributed by atoms with E-state index in [1.807, 2.05) is 11.9 Å². The van der Waals surface area contributed by atoms with Gasteiger partial charge in [-0.1, -0.05) is 0 Å². The van der Waals surface area contributed by atoms with E-state index in [-0.39, 0.29) is 41.2 Å². The lowest BCUT2D eigenvalue weighted by molar-refractivity contribution is -0.465. The first kappa shape index (κ1) is 23.0. The van der Waals surface area contributed by atoms with Crippen molar-refractivity contribution in [3.63, 3.8) is 0 Å². The first-order valence-electron chi connectivity index (χ1n) is 9.88. The molecule has 0 radical (unpaired) electrons. The van der Waals surface area contributed by atoms with Crippen LogP contribution in [-0.2, 0) is 0 Å². The van der Waals surface area contributed by atoms with Crippen LogP contribution < -0.4 is 20.4 Å². The quantitative estimate of drug-likeness (QED) is 0.388. The maximum absolute atomic E-state index is 15.2. The molecule has 1 saturated heterocycles. The second kappa shape index (κ2) is 8.80. The number of pyridine rings is 1. The fraction of sp³-hybridized carbons (Fsp3) is 0.500. The number of benzene rings is 1. The van der Waals surface area contributed by atoms with Crippen molar-refractivity contribution in [2.45, 2.75) is 31.3 Å². The Morgan fingerprint density at radius 3 is 2.65 bits per heavy atom. The van der Waals surface area contributed by atoms with Crippen LogP contribution in [0.25, 0.3) is 10.9 Å². The highest BCUT2D eigenvalue weighted by molar-refractivity contribution is 6.01. The van der Waals surface area contributed by atoms with Crippen molar-refractivity contribution in [2.75, 3.05) is 38.7 Å². The summed E-state index contributed by atoms with van der Waals surface area (Å²) >= 11 is 0. The third-order valence-electron chi connectivity index (χ3n) is 5.83. The van der Waals surface area contributed by atoms with Crippen LogP contribution in [0.2, 0.25) is 0 Å². The summed E-state index contributed by atoms with van der Waals surface area (Å²) in [5, 5.41) is 14.0. The molecule has 1 aromatic carbocycles. The predicted molar refractivity (Wildman–Crippen MR) is 116 cm³/mol. The Morgan fingerprint density at radius 2 is 2.10 bits per heavy atom. The molecule has 9 nitrogen and oxygen atoms in total. The van der Waals surface area contributed by atoms with Crippen molar-refractivity contribution in [1.82, 2.24) is 9.88 Å². The summed E-state index contributed by atoms with van der Waals surface area (Å²) in [4.78, 5) is 37.2. The van der Waals surface area contributed by atoms with Gasteiger partial charge in [0.05, 0.1) is 23.6 Å². The summed E-state index contributed by atoms with van der Waals surface area (Å²) in [7, 11) is 3.28. The van der Waals surface area contributed by atoms with Gasteiger partial charge in [0.15, 0.2) is 11.6 Å². The van der Waals surface area contributed by atoms with Crippen molar-refractivity contribution in [2.24, 2.45) is 0 Å². The Labute approximate surface area is 183 Å². The number of carbonyl (C=O) groups is 1. The van der Waals surface area contributed by atoms with E-state index < -0.39 is 28.5 Å². The molecule has 0 bridgehead atoms. The maximum atomic E-state index is 15.2. The number of nitrogens with one attached hydrogen (secondary N) is 1. The van der Waals surface area contributed by atoms with Gasteiger partial charge in [-0.3, -0.25) is 19.7 Å². The highest BCUT2D eigenvalue weighted by Gasteiger charge is 2.33. The molecule has 1 unspecified atom stereocenters. The molecular formula is C20H24ClFN4O5. The molecule has 1 N–H and O–H groups in total. The highest BCUT2D eigenvalue weighted by atomic mass is 35.5.